The minimum Gasteiger partial charge on any atom is -0.378 e. The molecule has 76 valence electrons. The van der Waals surface area contributed by atoms with Crippen LogP contribution in [0.4, 0.5) is 10.9 Å². The fraction of sp³-hybridized carbons (Fsp3) is 0.571. The molecule has 0 bridgehead atoms. The number of nitro groups is 1. The van der Waals surface area contributed by atoms with Gasteiger partial charge in [-0.15, -0.1) is 0 Å². The van der Waals surface area contributed by atoms with Gasteiger partial charge in [0, 0.05) is 13.1 Å². The molecule has 0 unspecified atom stereocenters. The SMILES string of the molecule is O=[N+]([O-])c1csc(N2CCOCC2)n1. The number of hydrogen-bond acceptors (Lipinski definition) is 6. The van der Waals surface area contributed by atoms with Crippen molar-refractivity contribution in [2.45, 2.75) is 0 Å². The Labute approximate surface area is 84.3 Å². The first kappa shape index (κ1) is 9.35. The maximum Gasteiger partial charge on any atom is 0.376 e. The molecule has 1 saturated heterocycles. The minimum atomic E-state index is -0.472. The van der Waals surface area contributed by atoms with E-state index in [9.17, 15) is 10.1 Å². The number of thiazole rings is 1. The summed E-state index contributed by atoms with van der Waals surface area (Å²) in [6, 6.07) is 0. The van der Waals surface area contributed by atoms with E-state index in [1.165, 1.54) is 16.7 Å². The zero-order valence-corrected chi connectivity index (χ0v) is 8.20. The van der Waals surface area contributed by atoms with Crippen molar-refractivity contribution in [1.29, 1.82) is 0 Å². The normalized spacial score (nSPS) is 17.0. The first-order valence-electron chi connectivity index (χ1n) is 4.20. The van der Waals surface area contributed by atoms with Crippen molar-refractivity contribution in [2.75, 3.05) is 31.2 Å². The molecular formula is C7H9N3O3S. The largest absolute Gasteiger partial charge is 0.378 e. The van der Waals surface area contributed by atoms with E-state index in [0.717, 1.165) is 13.1 Å². The monoisotopic (exact) mass is 215 g/mol. The molecule has 1 aliphatic rings. The summed E-state index contributed by atoms with van der Waals surface area (Å²) < 4.78 is 5.18. The molecule has 0 spiro atoms. The van der Waals surface area contributed by atoms with Crippen LogP contribution in [0.1, 0.15) is 0 Å². The second-order valence-corrected chi connectivity index (χ2v) is 3.68. The lowest BCUT2D eigenvalue weighted by molar-refractivity contribution is -0.389. The van der Waals surface area contributed by atoms with Gasteiger partial charge in [-0.3, -0.25) is 0 Å². The van der Waals surface area contributed by atoms with E-state index >= 15 is 0 Å². The van der Waals surface area contributed by atoms with Crippen LogP contribution in [0.25, 0.3) is 0 Å². The third kappa shape index (κ3) is 1.83. The van der Waals surface area contributed by atoms with Crippen LogP contribution in [0.2, 0.25) is 0 Å². The van der Waals surface area contributed by atoms with Gasteiger partial charge in [0.05, 0.1) is 18.6 Å². The van der Waals surface area contributed by atoms with E-state index in [1.54, 1.807) is 0 Å². The Hall–Kier alpha value is -1.21. The number of anilines is 1. The fourth-order valence-corrected chi connectivity index (χ4v) is 2.07. The van der Waals surface area contributed by atoms with Crippen LogP contribution in [0.3, 0.4) is 0 Å². The smallest absolute Gasteiger partial charge is 0.376 e. The number of aromatic nitrogens is 1. The molecule has 0 aromatic carbocycles. The summed E-state index contributed by atoms with van der Waals surface area (Å²) >= 11 is 1.30. The highest BCUT2D eigenvalue weighted by atomic mass is 32.1. The maximum atomic E-state index is 10.4. The number of hydrogen-bond donors (Lipinski definition) is 0. The molecule has 2 heterocycles. The molecule has 1 aromatic rings. The molecule has 2 rings (SSSR count). The Morgan fingerprint density at radius 2 is 2.29 bits per heavy atom. The summed E-state index contributed by atoms with van der Waals surface area (Å²) in [6.45, 7) is 2.83. The molecular weight excluding hydrogens is 206 g/mol. The lowest BCUT2D eigenvalue weighted by atomic mass is 10.5. The van der Waals surface area contributed by atoms with Gasteiger partial charge < -0.3 is 19.8 Å². The Balaban J connectivity index is 2.11. The molecule has 0 N–H and O–H groups in total. The van der Waals surface area contributed by atoms with Gasteiger partial charge in [-0.05, 0) is 9.91 Å². The molecule has 7 heteroatoms. The summed E-state index contributed by atoms with van der Waals surface area (Å²) in [6.07, 6.45) is 0. The Kier molecular flexibility index (Phi) is 2.60. The average molecular weight is 215 g/mol. The lowest BCUT2D eigenvalue weighted by Gasteiger charge is -2.23. The van der Waals surface area contributed by atoms with Crippen molar-refractivity contribution in [3.63, 3.8) is 0 Å². The molecule has 1 fully saturated rings. The predicted molar refractivity (Wildman–Crippen MR) is 51.8 cm³/mol. The third-order valence-corrected chi connectivity index (χ3v) is 2.84. The van der Waals surface area contributed by atoms with Crippen LogP contribution in [-0.2, 0) is 4.74 Å². The number of morpholine rings is 1. The van der Waals surface area contributed by atoms with Gasteiger partial charge in [-0.2, -0.15) is 0 Å². The maximum absolute atomic E-state index is 10.4. The third-order valence-electron chi connectivity index (χ3n) is 1.95. The number of nitrogens with zero attached hydrogens (tertiary/aromatic N) is 3. The first-order valence-corrected chi connectivity index (χ1v) is 5.08. The molecule has 0 atom stereocenters. The fourth-order valence-electron chi connectivity index (χ4n) is 1.24. The van der Waals surface area contributed by atoms with Gasteiger partial charge in [0.2, 0.25) is 0 Å². The van der Waals surface area contributed by atoms with Gasteiger partial charge in [0.1, 0.15) is 0 Å². The van der Waals surface area contributed by atoms with Crippen molar-refractivity contribution >= 4 is 22.3 Å². The Bertz CT molecular complexity index is 335. The van der Waals surface area contributed by atoms with E-state index in [1.807, 2.05) is 4.90 Å². The molecule has 1 aliphatic heterocycles. The van der Waals surface area contributed by atoms with Crippen molar-refractivity contribution in [3.8, 4) is 0 Å². The highest BCUT2D eigenvalue weighted by Gasteiger charge is 2.21. The van der Waals surface area contributed by atoms with E-state index in [4.69, 9.17) is 4.74 Å². The standard InChI is InChI=1S/C7H9N3O3S/c11-10(12)6-5-14-7(8-6)9-1-3-13-4-2-9/h5H,1-4H2. The molecule has 1 aromatic heterocycles. The van der Waals surface area contributed by atoms with Crippen molar-refractivity contribution in [1.82, 2.24) is 4.98 Å². The van der Waals surface area contributed by atoms with Gasteiger partial charge in [0.15, 0.2) is 0 Å². The summed E-state index contributed by atoms with van der Waals surface area (Å²) in [5, 5.41) is 12.6. The quantitative estimate of drug-likeness (QED) is 0.541. The first-order chi connectivity index (χ1) is 6.77. The summed E-state index contributed by atoms with van der Waals surface area (Å²) in [5.41, 5.74) is 0. The highest BCUT2D eigenvalue weighted by molar-refractivity contribution is 7.14. The summed E-state index contributed by atoms with van der Waals surface area (Å²) in [4.78, 5) is 15.9. The number of ether oxygens (including phenoxy) is 1. The van der Waals surface area contributed by atoms with Crippen LogP contribution < -0.4 is 4.90 Å². The molecule has 0 radical (unpaired) electrons. The predicted octanol–water partition coefficient (Wildman–Crippen LogP) is 0.888. The second-order valence-electron chi connectivity index (χ2n) is 2.84. The van der Waals surface area contributed by atoms with E-state index < -0.39 is 4.92 Å². The van der Waals surface area contributed by atoms with Gasteiger partial charge >= 0.3 is 10.9 Å². The van der Waals surface area contributed by atoms with E-state index in [0.29, 0.717) is 18.3 Å². The van der Waals surface area contributed by atoms with Gasteiger partial charge in [0.25, 0.3) is 0 Å². The lowest BCUT2D eigenvalue weighted by Crippen LogP contribution is -2.36. The van der Waals surface area contributed by atoms with Crippen LogP contribution in [0.5, 0.6) is 0 Å². The van der Waals surface area contributed by atoms with Crippen molar-refractivity contribution < 1.29 is 9.66 Å². The zero-order valence-electron chi connectivity index (χ0n) is 7.38. The average Bonchev–Trinajstić information content (AvgIpc) is 2.68. The van der Waals surface area contributed by atoms with Gasteiger partial charge in [-0.25, -0.2) is 0 Å². The van der Waals surface area contributed by atoms with Crippen LogP contribution in [0, 0.1) is 10.1 Å². The molecule has 6 nitrogen and oxygen atoms in total. The minimum absolute atomic E-state index is 0.0727. The summed E-state index contributed by atoms with van der Waals surface area (Å²) in [5.74, 6) is -0.0727. The molecule has 0 aliphatic carbocycles. The topological polar surface area (TPSA) is 68.5 Å². The summed E-state index contributed by atoms with van der Waals surface area (Å²) in [7, 11) is 0. The van der Waals surface area contributed by atoms with E-state index in [-0.39, 0.29) is 5.82 Å². The molecule has 0 saturated carbocycles. The number of rotatable bonds is 2. The van der Waals surface area contributed by atoms with Gasteiger partial charge in [-0.1, -0.05) is 11.3 Å². The van der Waals surface area contributed by atoms with Crippen molar-refractivity contribution in [3.05, 3.63) is 15.5 Å². The van der Waals surface area contributed by atoms with Crippen molar-refractivity contribution in [2.24, 2.45) is 0 Å². The van der Waals surface area contributed by atoms with Crippen LogP contribution in [-0.4, -0.2) is 36.2 Å². The second kappa shape index (κ2) is 3.89. The molecule has 14 heavy (non-hydrogen) atoms. The van der Waals surface area contributed by atoms with E-state index in [2.05, 4.69) is 4.98 Å². The van der Waals surface area contributed by atoms with Crippen LogP contribution >= 0.6 is 11.3 Å². The Morgan fingerprint density at radius 3 is 2.86 bits per heavy atom. The highest BCUT2D eigenvalue weighted by Crippen LogP contribution is 2.24. The van der Waals surface area contributed by atoms with Crippen LogP contribution in [0.15, 0.2) is 5.38 Å². The Morgan fingerprint density at radius 1 is 1.57 bits per heavy atom. The zero-order chi connectivity index (χ0) is 9.97. The molecule has 0 amide bonds.